The van der Waals surface area contributed by atoms with Crippen LogP contribution in [0.15, 0.2) is 24.4 Å². The van der Waals surface area contributed by atoms with Crippen LogP contribution >= 0.6 is 11.6 Å². The normalized spacial score (nSPS) is 15.3. The maximum Gasteiger partial charge on any atom is 0.437 e. The van der Waals surface area contributed by atoms with Crippen LogP contribution in [-0.2, 0) is 12.7 Å². The Morgan fingerprint density at radius 2 is 1.86 bits per heavy atom. The Bertz CT molecular complexity index is 1430. The predicted octanol–water partition coefficient (Wildman–Crippen LogP) is 6.59. The van der Waals surface area contributed by atoms with Crippen molar-refractivity contribution in [1.29, 1.82) is 10.7 Å². The molecule has 1 fully saturated rings. The number of nitrogens with one attached hydrogen (secondary N) is 2. The van der Waals surface area contributed by atoms with Gasteiger partial charge in [0.05, 0.1) is 16.7 Å². The van der Waals surface area contributed by atoms with E-state index in [0.717, 1.165) is 13.2 Å². The number of hydrogen-bond donors (Lipinski definition) is 2. The van der Waals surface area contributed by atoms with Crippen LogP contribution in [0.3, 0.4) is 0 Å². The third-order valence-electron chi connectivity index (χ3n) is 6.38. The number of benzene rings is 1. The van der Waals surface area contributed by atoms with Crippen molar-refractivity contribution in [2.24, 2.45) is 7.05 Å². The highest BCUT2D eigenvalue weighted by atomic mass is 35.5. The fourth-order valence-electron chi connectivity index (χ4n) is 4.09. The highest BCUT2D eigenvalue weighted by Gasteiger charge is 2.76. The molecule has 1 heterocycles. The average Bonchev–Trinajstić information content (AvgIpc) is 3.62. The minimum Gasteiger partial charge on any atom is -0.429 e. The summed E-state index contributed by atoms with van der Waals surface area (Å²) in [6.07, 6.45) is -11.0. The van der Waals surface area contributed by atoms with Gasteiger partial charge in [-0.05, 0) is 37.5 Å². The van der Waals surface area contributed by atoms with Gasteiger partial charge in [0.2, 0.25) is 0 Å². The summed E-state index contributed by atoms with van der Waals surface area (Å²) in [5, 5.41) is 22.2. The molecule has 8 nitrogen and oxygen atoms in total. The van der Waals surface area contributed by atoms with E-state index < -0.39 is 53.3 Å². The second-order valence-corrected chi connectivity index (χ2v) is 9.37. The van der Waals surface area contributed by atoms with E-state index in [2.05, 4.69) is 21.2 Å². The van der Waals surface area contributed by atoms with Crippen molar-refractivity contribution < 1.29 is 49.0 Å². The number of amides is 1. The number of aromatic nitrogens is 2. The lowest BCUT2D eigenvalue weighted by atomic mass is 9.99. The van der Waals surface area contributed by atoms with Gasteiger partial charge in [-0.3, -0.25) is 4.79 Å². The van der Waals surface area contributed by atoms with Crippen molar-refractivity contribution in [3.63, 3.8) is 0 Å². The molecule has 1 aliphatic carbocycles. The minimum absolute atomic E-state index is 0.0317. The molecular weight excluding hydrogens is 611 g/mol. The number of carbonyl (C=O) groups is 1. The summed E-state index contributed by atoms with van der Waals surface area (Å²) in [6, 6.07) is 5.86. The molecule has 228 valence electrons. The number of nitriles is 1. The molecule has 0 spiro atoms. The van der Waals surface area contributed by atoms with Crippen molar-refractivity contribution in [3.05, 3.63) is 46.2 Å². The molecule has 1 aliphatic rings. The molecule has 2 aromatic rings. The number of rotatable bonds is 10. The molecule has 1 amide bonds. The lowest BCUT2D eigenvalue weighted by Gasteiger charge is -2.28. The molecule has 1 aromatic heterocycles. The maximum absolute atomic E-state index is 14.7. The Kier molecular flexibility index (Phi) is 8.83. The van der Waals surface area contributed by atoms with Crippen LogP contribution in [0.25, 0.3) is 5.57 Å². The van der Waals surface area contributed by atoms with Gasteiger partial charge in [-0.15, -0.1) is 0 Å². The second kappa shape index (κ2) is 11.4. The zero-order valence-electron chi connectivity index (χ0n) is 21.5. The number of alkyl halides is 9. The van der Waals surface area contributed by atoms with Crippen molar-refractivity contribution in [1.82, 2.24) is 14.7 Å². The molecule has 3 rings (SSSR count). The van der Waals surface area contributed by atoms with Crippen LogP contribution in [0.4, 0.5) is 45.3 Å². The molecule has 42 heavy (non-hydrogen) atoms. The Morgan fingerprint density at radius 1 is 1.26 bits per heavy atom. The van der Waals surface area contributed by atoms with Gasteiger partial charge in [-0.1, -0.05) is 17.7 Å². The lowest BCUT2D eigenvalue weighted by molar-refractivity contribution is -0.350. The first-order valence-corrected chi connectivity index (χ1v) is 12.1. The minimum atomic E-state index is -6.67. The van der Waals surface area contributed by atoms with Gasteiger partial charge in [0, 0.05) is 31.6 Å². The second-order valence-electron chi connectivity index (χ2n) is 8.96. The Labute approximate surface area is 236 Å². The van der Waals surface area contributed by atoms with Gasteiger partial charge in [0.1, 0.15) is 5.54 Å². The third-order valence-corrected chi connectivity index (χ3v) is 6.71. The van der Waals surface area contributed by atoms with Gasteiger partial charge in [-0.2, -0.15) is 45.5 Å². The molecule has 0 radical (unpaired) electrons. The van der Waals surface area contributed by atoms with Crippen LogP contribution in [0.2, 0.25) is 5.02 Å². The fourth-order valence-corrected chi connectivity index (χ4v) is 4.29. The fraction of sp³-hybridized carbons (Fsp3) is 0.417. The number of ether oxygens (including phenoxy) is 1. The SMILES string of the molecule is CCN(C(=O)c1cc(/C(C=N)=C/Nc2c(OC(F)F)c(C(F)(C(F)(F)F)C(F)(F)F)nn2C)ccc1Cl)C1(C#N)CC1. The van der Waals surface area contributed by atoms with Crippen LogP contribution < -0.4 is 10.1 Å². The molecule has 0 unspecified atom stereocenters. The van der Waals surface area contributed by atoms with Gasteiger partial charge < -0.3 is 20.4 Å². The molecule has 1 aromatic carbocycles. The molecular formula is C24H20ClF9N6O2. The number of aryl methyl sites for hydroxylation is 1. The van der Waals surface area contributed by atoms with Crippen LogP contribution in [-0.4, -0.2) is 57.8 Å². The zero-order valence-corrected chi connectivity index (χ0v) is 22.2. The van der Waals surface area contributed by atoms with E-state index in [1.54, 1.807) is 6.92 Å². The Hall–Kier alpha value is -3.94. The van der Waals surface area contributed by atoms with E-state index >= 15 is 0 Å². The first-order valence-electron chi connectivity index (χ1n) is 11.7. The number of allylic oxidation sites excluding steroid dienone is 1. The van der Waals surface area contributed by atoms with E-state index in [9.17, 15) is 49.6 Å². The van der Waals surface area contributed by atoms with Crippen LogP contribution in [0.1, 0.15) is 41.4 Å². The Balaban J connectivity index is 2.09. The van der Waals surface area contributed by atoms with E-state index in [4.69, 9.17) is 17.0 Å². The van der Waals surface area contributed by atoms with E-state index in [-0.39, 0.29) is 32.9 Å². The van der Waals surface area contributed by atoms with Crippen LogP contribution in [0.5, 0.6) is 5.75 Å². The van der Waals surface area contributed by atoms with Crippen molar-refractivity contribution in [2.75, 3.05) is 11.9 Å². The molecule has 0 aliphatic heterocycles. The van der Waals surface area contributed by atoms with Gasteiger partial charge in [-0.25, -0.2) is 9.07 Å². The summed E-state index contributed by atoms with van der Waals surface area (Å²) in [5.41, 5.74) is -9.93. The molecule has 18 heteroatoms. The molecule has 0 saturated heterocycles. The summed E-state index contributed by atoms with van der Waals surface area (Å²) in [6.45, 7) is -2.19. The monoisotopic (exact) mass is 630 g/mol. The van der Waals surface area contributed by atoms with Crippen molar-refractivity contribution in [3.8, 4) is 11.8 Å². The summed E-state index contributed by atoms with van der Waals surface area (Å²) in [4.78, 5) is 14.5. The number of halogens is 10. The predicted molar refractivity (Wildman–Crippen MR) is 131 cm³/mol. The van der Waals surface area contributed by atoms with Crippen molar-refractivity contribution in [2.45, 2.75) is 49.9 Å². The van der Waals surface area contributed by atoms with E-state index in [1.165, 1.54) is 23.1 Å². The summed E-state index contributed by atoms with van der Waals surface area (Å²) in [7, 11) is 0.733. The molecule has 0 bridgehead atoms. The van der Waals surface area contributed by atoms with E-state index in [0.29, 0.717) is 19.1 Å². The molecule has 0 atom stereocenters. The average molecular weight is 631 g/mol. The zero-order chi connectivity index (χ0) is 31.8. The molecule has 2 N–H and O–H groups in total. The summed E-state index contributed by atoms with van der Waals surface area (Å²) >= 11 is 6.19. The smallest absolute Gasteiger partial charge is 0.429 e. The Morgan fingerprint density at radius 3 is 2.31 bits per heavy atom. The maximum atomic E-state index is 14.7. The number of nitrogens with zero attached hydrogens (tertiary/aromatic N) is 4. The highest BCUT2D eigenvalue weighted by molar-refractivity contribution is 6.34. The van der Waals surface area contributed by atoms with E-state index in [1.807, 2.05) is 0 Å². The van der Waals surface area contributed by atoms with Crippen LogP contribution in [0, 0.1) is 16.7 Å². The lowest BCUT2D eigenvalue weighted by Crippen LogP contribution is -2.51. The van der Waals surface area contributed by atoms with Crippen molar-refractivity contribution >= 4 is 35.1 Å². The number of carbonyl (C=O) groups excluding carboxylic acids is 1. The topological polar surface area (TPSA) is 107 Å². The number of hydrogen-bond acceptors (Lipinski definition) is 6. The quantitative estimate of drug-likeness (QED) is 0.228. The van der Waals surface area contributed by atoms with Gasteiger partial charge in [0.15, 0.2) is 17.3 Å². The highest BCUT2D eigenvalue weighted by Crippen LogP contribution is 2.56. The largest absolute Gasteiger partial charge is 0.437 e. The first kappa shape index (κ1) is 32.6. The van der Waals surface area contributed by atoms with Gasteiger partial charge >= 0.3 is 24.6 Å². The van der Waals surface area contributed by atoms with Gasteiger partial charge in [0.25, 0.3) is 5.91 Å². The third kappa shape index (κ3) is 5.72. The molecule has 1 saturated carbocycles. The summed E-state index contributed by atoms with van der Waals surface area (Å²) in [5.74, 6) is -3.56. The first-order chi connectivity index (χ1) is 19.4. The summed E-state index contributed by atoms with van der Waals surface area (Å²) < 4.78 is 125. The standard InChI is InChI=1S/C24H20ClF9N6O2/c1-3-40(21(11-36)6-7-21)19(41)14-8-12(4-5-15(14)25)13(9-35)10-37-18-16(42-20(26)27)17(38-39(18)2)22(28,23(29,30)31)24(32,33)34/h4-5,8-10,20,35,37H,3,6-7H2,1-2H3/b13-10+,35-9?. The number of anilines is 1.